The Labute approximate surface area is 181 Å². The molecule has 31 heavy (non-hydrogen) atoms. The Morgan fingerprint density at radius 2 is 1.29 bits per heavy atom. The van der Waals surface area contributed by atoms with Gasteiger partial charge in [0, 0.05) is 0 Å². The molecule has 0 aromatic heterocycles. The fourth-order valence-electron chi connectivity index (χ4n) is 3.37. The summed E-state index contributed by atoms with van der Waals surface area (Å²) in [6, 6.07) is 15.5. The highest BCUT2D eigenvalue weighted by Crippen LogP contribution is 2.31. The summed E-state index contributed by atoms with van der Waals surface area (Å²) in [5.41, 5.74) is 2.12. The molecule has 0 heterocycles. The number of hydrogen-bond acceptors (Lipinski definition) is 6. The highest BCUT2D eigenvalue weighted by Gasteiger charge is 2.17. The van der Waals surface area contributed by atoms with E-state index in [1.807, 2.05) is 0 Å². The molecule has 0 aliphatic heterocycles. The Morgan fingerprint density at radius 1 is 0.742 bits per heavy atom. The van der Waals surface area contributed by atoms with Gasteiger partial charge in [0.2, 0.25) is 0 Å². The quantitative estimate of drug-likeness (QED) is 0.248. The Kier molecular flexibility index (Phi) is 6.70. The molecule has 0 saturated carbocycles. The molecular weight excluding hydrogens is 396 g/mol. The summed E-state index contributed by atoms with van der Waals surface area (Å²) in [5, 5.41) is 38.6. The van der Waals surface area contributed by atoms with Crippen LogP contribution in [0.4, 0.5) is 0 Å². The lowest BCUT2D eigenvalue weighted by molar-refractivity contribution is 0.0729. The summed E-state index contributed by atoms with van der Waals surface area (Å²) in [6.45, 7) is 4.22. The minimum atomic E-state index is -0.624. The van der Waals surface area contributed by atoms with Gasteiger partial charge >= 0.3 is 5.97 Å². The normalized spacial score (nSPS) is 12.8. The first-order valence-electron chi connectivity index (χ1n) is 10.1. The van der Waals surface area contributed by atoms with Gasteiger partial charge in [-0.1, -0.05) is 26.0 Å². The van der Waals surface area contributed by atoms with Crippen LogP contribution in [0, 0.1) is 11.8 Å². The van der Waals surface area contributed by atoms with Gasteiger partial charge in [-0.05, 0) is 84.3 Å². The van der Waals surface area contributed by atoms with Crippen LogP contribution < -0.4 is 4.74 Å². The third kappa shape index (κ3) is 5.69. The molecule has 162 valence electrons. The van der Waals surface area contributed by atoms with E-state index in [9.17, 15) is 25.2 Å². The van der Waals surface area contributed by atoms with Crippen molar-refractivity contribution in [2.24, 2.45) is 11.8 Å². The standard InChI is InChI=1S/C25H26O6/c1-15(11-17-3-9-21(27)23(29)13-17)16(2)12-18-4-10-22(28)24(14-18)31-25(30)19-5-7-20(26)8-6-19/h3-10,13-16,26-29H,11-12H2,1-2H3/t15-,16-/m0/s1. The molecule has 0 amide bonds. The van der Waals surface area contributed by atoms with Crippen molar-refractivity contribution < 1.29 is 30.0 Å². The zero-order valence-electron chi connectivity index (χ0n) is 17.4. The summed E-state index contributed by atoms with van der Waals surface area (Å²) >= 11 is 0. The molecule has 0 radical (unpaired) electrons. The van der Waals surface area contributed by atoms with Crippen LogP contribution in [0.5, 0.6) is 28.7 Å². The van der Waals surface area contributed by atoms with Gasteiger partial charge in [0.25, 0.3) is 0 Å². The van der Waals surface area contributed by atoms with Crippen LogP contribution in [0.15, 0.2) is 60.7 Å². The molecule has 3 rings (SSSR count). The fraction of sp³-hybridized carbons (Fsp3) is 0.240. The monoisotopic (exact) mass is 422 g/mol. The molecule has 2 atom stereocenters. The van der Waals surface area contributed by atoms with Crippen molar-refractivity contribution in [1.29, 1.82) is 0 Å². The fourth-order valence-corrected chi connectivity index (χ4v) is 3.37. The summed E-state index contributed by atoms with van der Waals surface area (Å²) in [5.74, 6) is -0.344. The van der Waals surface area contributed by atoms with Crippen LogP contribution in [-0.4, -0.2) is 26.4 Å². The SMILES string of the molecule is C[C@@H](Cc1ccc(O)c(O)c1)[C@@H](C)Cc1ccc(O)c(OC(=O)c2ccc(O)cc2)c1. The van der Waals surface area contributed by atoms with Gasteiger partial charge in [0.1, 0.15) is 5.75 Å². The molecule has 0 aliphatic carbocycles. The maximum absolute atomic E-state index is 12.3. The van der Waals surface area contributed by atoms with Crippen LogP contribution in [0.1, 0.15) is 35.3 Å². The van der Waals surface area contributed by atoms with Crippen LogP contribution in [-0.2, 0) is 12.8 Å². The van der Waals surface area contributed by atoms with Crippen molar-refractivity contribution in [2.75, 3.05) is 0 Å². The lowest BCUT2D eigenvalue weighted by Crippen LogP contribution is -2.14. The van der Waals surface area contributed by atoms with Crippen molar-refractivity contribution in [3.8, 4) is 28.7 Å². The molecule has 6 nitrogen and oxygen atoms in total. The average molecular weight is 422 g/mol. The molecule has 4 N–H and O–H groups in total. The van der Waals surface area contributed by atoms with Gasteiger partial charge in [-0.15, -0.1) is 0 Å². The highest BCUT2D eigenvalue weighted by atomic mass is 16.5. The van der Waals surface area contributed by atoms with Crippen LogP contribution in [0.2, 0.25) is 0 Å². The number of phenols is 4. The molecule has 6 heteroatoms. The van der Waals surface area contributed by atoms with Crippen molar-refractivity contribution in [3.05, 3.63) is 77.4 Å². The second-order valence-corrected chi connectivity index (χ2v) is 7.92. The minimum absolute atomic E-state index is 0.0482. The van der Waals surface area contributed by atoms with E-state index in [0.717, 1.165) is 17.5 Å². The zero-order valence-corrected chi connectivity index (χ0v) is 17.4. The average Bonchev–Trinajstić information content (AvgIpc) is 2.73. The maximum atomic E-state index is 12.3. The van der Waals surface area contributed by atoms with Crippen molar-refractivity contribution in [3.63, 3.8) is 0 Å². The lowest BCUT2D eigenvalue weighted by Gasteiger charge is -2.21. The van der Waals surface area contributed by atoms with Gasteiger partial charge in [0.15, 0.2) is 23.0 Å². The Morgan fingerprint density at radius 3 is 1.87 bits per heavy atom. The first-order chi connectivity index (χ1) is 14.7. The predicted molar refractivity (Wildman–Crippen MR) is 117 cm³/mol. The van der Waals surface area contributed by atoms with Crippen molar-refractivity contribution >= 4 is 5.97 Å². The highest BCUT2D eigenvalue weighted by molar-refractivity contribution is 5.91. The summed E-state index contributed by atoms with van der Waals surface area (Å²) in [6.07, 6.45) is 1.44. The number of carbonyl (C=O) groups is 1. The number of ether oxygens (including phenoxy) is 1. The minimum Gasteiger partial charge on any atom is -0.508 e. The van der Waals surface area contributed by atoms with E-state index in [4.69, 9.17) is 4.74 Å². The van der Waals surface area contributed by atoms with Crippen molar-refractivity contribution in [2.45, 2.75) is 26.7 Å². The van der Waals surface area contributed by atoms with Crippen molar-refractivity contribution in [1.82, 2.24) is 0 Å². The maximum Gasteiger partial charge on any atom is 0.343 e. The number of aromatic hydroxyl groups is 4. The van der Waals surface area contributed by atoms with Gasteiger partial charge in [-0.3, -0.25) is 0 Å². The number of phenolic OH excluding ortho intramolecular Hbond substituents is 4. The Bertz CT molecular complexity index is 1060. The van der Waals surface area contributed by atoms with Crippen LogP contribution in [0.3, 0.4) is 0 Å². The summed E-state index contributed by atoms with van der Waals surface area (Å²) < 4.78 is 5.35. The molecule has 0 unspecified atom stereocenters. The van der Waals surface area contributed by atoms with E-state index in [2.05, 4.69) is 13.8 Å². The molecule has 3 aromatic rings. The Hall–Kier alpha value is -3.67. The number of esters is 1. The molecule has 0 bridgehead atoms. The summed E-state index contributed by atoms with van der Waals surface area (Å²) in [7, 11) is 0. The number of hydrogen-bond donors (Lipinski definition) is 4. The molecule has 0 spiro atoms. The first-order valence-corrected chi connectivity index (χ1v) is 10.1. The smallest absolute Gasteiger partial charge is 0.343 e. The van der Waals surface area contributed by atoms with Crippen LogP contribution in [0.25, 0.3) is 0 Å². The molecule has 0 saturated heterocycles. The third-order valence-corrected chi connectivity index (χ3v) is 5.46. The van der Waals surface area contributed by atoms with Gasteiger partial charge in [-0.25, -0.2) is 4.79 Å². The second kappa shape index (κ2) is 9.43. The van der Waals surface area contributed by atoms with E-state index < -0.39 is 5.97 Å². The Balaban J connectivity index is 1.66. The second-order valence-electron chi connectivity index (χ2n) is 7.92. The van der Waals surface area contributed by atoms with E-state index in [1.165, 1.54) is 36.4 Å². The first kappa shape index (κ1) is 22.0. The predicted octanol–water partition coefficient (Wildman–Crippen LogP) is 4.79. The molecule has 3 aromatic carbocycles. The van der Waals surface area contributed by atoms with E-state index >= 15 is 0 Å². The summed E-state index contributed by atoms with van der Waals surface area (Å²) in [4.78, 5) is 12.3. The van der Waals surface area contributed by atoms with E-state index in [-0.39, 0.29) is 46.1 Å². The third-order valence-electron chi connectivity index (χ3n) is 5.46. The molecule has 0 fully saturated rings. The van der Waals surface area contributed by atoms with Gasteiger partial charge in [0.05, 0.1) is 5.56 Å². The van der Waals surface area contributed by atoms with E-state index in [1.54, 1.807) is 24.3 Å². The number of carbonyl (C=O) groups excluding carboxylic acids is 1. The zero-order chi connectivity index (χ0) is 22.5. The molecular formula is C25H26O6. The van der Waals surface area contributed by atoms with Gasteiger partial charge < -0.3 is 25.2 Å². The van der Waals surface area contributed by atoms with Crippen LogP contribution >= 0.6 is 0 Å². The number of benzene rings is 3. The lowest BCUT2D eigenvalue weighted by atomic mass is 9.85. The van der Waals surface area contributed by atoms with E-state index in [0.29, 0.717) is 6.42 Å². The largest absolute Gasteiger partial charge is 0.508 e. The topological polar surface area (TPSA) is 107 Å². The van der Waals surface area contributed by atoms with Gasteiger partial charge in [-0.2, -0.15) is 0 Å². The number of rotatable bonds is 7. The molecule has 0 aliphatic rings.